The van der Waals surface area contributed by atoms with E-state index in [9.17, 15) is 0 Å². The van der Waals surface area contributed by atoms with Crippen molar-refractivity contribution in [2.24, 2.45) is 4.99 Å². The summed E-state index contributed by atoms with van der Waals surface area (Å²) in [6.07, 6.45) is 1.09. The molecule has 1 heterocycles. The van der Waals surface area contributed by atoms with Crippen LogP contribution in [0.15, 0.2) is 41.4 Å². The zero-order valence-electron chi connectivity index (χ0n) is 14.1. The Morgan fingerprint density at radius 3 is 2.39 bits per heavy atom. The predicted octanol–water partition coefficient (Wildman–Crippen LogP) is 3.57. The van der Waals surface area contributed by atoms with Crippen molar-refractivity contribution < 1.29 is 4.74 Å². The van der Waals surface area contributed by atoms with Crippen LogP contribution in [0.1, 0.15) is 29.2 Å². The second kappa shape index (κ2) is 9.20. The lowest BCUT2D eigenvalue weighted by atomic mass is 10.2. The Morgan fingerprint density at radius 2 is 1.78 bits per heavy atom. The maximum atomic E-state index is 5.17. The van der Waals surface area contributed by atoms with Crippen molar-refractivity contribution in [3.05, 3.63) is 51.7 Å². The summed E-state index contributed by atoms with van der Waals surface area (Å²) in [6.45, 7) is 6.55. The number of hydrogen-bond acceptors (Lipinski definition) is 3. The molecular formula is C18H25N3OS. The number of hydrogen-bond donors (Lipinski definition) is 2. The average molecular weight is 331 g/mol. The van der Waals surface area contributed by atoms with Crippen LogP contribution in [0.5, 0.6) is 5.75 Å². The number of nitrogens with zero attached hydrogens (tertiary/aromatic N) is 1. The van der Waals surface area contributed by atoms with Crippen molar-refractivity contribution in [1.82, 2.24) is 10.6 Å². The molecule has 0 saturated heterocycles. The second-order valence-corrected chi connectivity index (χ2v) is 6.37. The molecule has 0 amide bonds. The van der Waals surface area contributed by atoms with Crippen LogP contribution < -0.4 is 15.4 Å². The molecule has 0 aliphatic carbocycles. The first-order valence-corrected chi connectivity index (χ1v) is 8.79. The highest BCUT2D eigenvalue weighted by Crippen LogP contribution is 2.16. The van der Waals surface area contributed by atoms with E-state index in [1.807, 2.05) is 35.6 Å². The van der Waals surface area contributed by atoms with Gasteiger partial charge >= 0.3 is 0 Å². The second-order valence-electron chi connectivity index (χ2n) is 5.12. The van der Waals surface area contributed by atoms with E-state index in [1.165, 1.54) is 9.75 Å². The van der Waals surface area contributed by atoms with Gasteiger partial charge in [-0.25, -0.2) is 4.99 Å². The largest absolute Gasteiger partial charge is 0.497 e. The van der Waals surface area contributed by atoms with Crippen molar-refractivity contribution >= 4 is 17.3 Å². The van der Waals surface area contributed by atoms with Crippen molar-refractivity contribution in [3.8, 4) is 5.75 Å². The third kappa shape index (κ3) is 5.60. The third-order valence-electron chi connectivity index (χ3n) is 3.42. The Labute approximate surface area is 142 Å². The summed E-state index contributed by atoms with van der Waals surface area (Å²) in [5, 5.41) is 6.68. The number of nitrogens with one attached hydrogen (secondary N) is 2. The molecule has 1 aromatic heterocycles. The first kappa shape index (κ1) is 17.3. The topological polar surface area (TPSA) is 45.7 Å². The third-order valence-corrected chi connectivity index (χ3v) is 4.65. The van der Waals surface area contributed by atoms with Crippen LogP contribution >= 0.6 is 11.3 Å². The molecule has 1 aromatic carbocycles. The van der Waals surface area contributed by atoms with Gasteiger partial charge in [0.2, 0.25) is 0 Å². The molecule has 4 nitrogen and oxygen atoms in total. The molecule has 2 N–H and O–H groups in total. The summed E-state index contributed by atoms with van der Waals surface area (Å²) in [7, 11) is 1.68. The van der Waals surface area contributed by atoms with Gasteiger partial charge in [0.15, 0.2) is 5.96 Å². The highest BCUT2D eigenvalue weighted by molar-refractivity contribution is 7.11. The minimum absolute atomic E-state index is 0.643. The molecule has 5 heteroatoms. The molecule has 0 atom stereocenters. The number of aliphatic imine (C=N–C) groups is 1. The van der Waals surface area contributed by atoms with Gasteiger partial charge in [-0.1, -0.05) is 19.1 Å². The summed E-state index contributed by atoms with van der Waals surface area (Å²) in [4.78, 5) is 7.39. The van der Waals surface area contributed by atoms with Crippen LogP contribution in [0.25, 0.3) is 0 Å². The molecule has 124 valence electrons. The Kier molecular flexibility index (Phi) is 6.94. The summed E-state index contributed by atoms with van der Waals surface area (Å²) in [5.74, 6) is 1.71. The van der Waals surface area contributed by atoms with Gasteiger partial charge in [0.05, 0.1) is 20.2 Å². The van der Waals surface area contributed by atoms with E-state index in [-0.39, 0.29) is 0 Å². The molecule has 2 rings (SSSR count). The van der Waals surface area contributed by atoms with Gasteiger partial charge in [0.25, 0.3) is 0 Å². The van der Waals surface area contributed by atoms with Crippen LogP contribution in [0.4, 0.5) is 0 Å². The van der Waals surface area contributed by atoms with Gasteiger partial charge in [0.1, 0.15) is 5.75 Å². The van der Waals surface area contributed by atoms with Crippen LogP contribution in [0.2, 0.25) is 0 Å². The monoisotopic (exact) mass is 331 g/mol. The predicted molar refractivity (Wildman–Crippen MR) is 98.3 cm³/mol. The van der Waals surface area contributed by atoms with E-state index in [2.05, 4.69) is 41.6 Å². The lowest BCUT2D eigenvalue weighted by molar-refractivity contribution is 0.414. The smallest absolute Gasteiger partial charge is 0.191 e. The SMILES string of the molecule is CCNC(=NCc1ccc(OC)cc1)NCc1ccc(CC)s1. The molecule has 0 aliphatic rings. The van der Waals surface area contributed by atoms with Gasteiger partial charge in [-0.05, 0) is 43.2 Å². The number of methoxy groups -OCH3 is 1. The standard InChI is InChI=1S/C18H25N3OS/c1-4-16-10-11-17(23-16)13-21-18(19-5-2)20-12-14-6-8-15(22-3)9-7-14/h6-11H,4-5,12-13H2,1-3H3,(H2,19,20,21). The average Bonchev–Trinajstić information content (AvgIpc) is 3.06. The first-order chi connectivity index (χ1) is 11.2. The van der Waals surface area contributed by atoms with Crippen LogP contribution in [-0.4, -0.2) is 19.6 Å². The molecule has 0 aliphatic heterocycles. The minimum atomic E-state index is 0.643. The van der Waals surface area contributed by atoms with E-state index in [1.54, 1.807) is 7.11 Å². The van der Waals surface area contributed by atoms with E-state index >= 15 is 0 Å². The zero-order valence-corrected chi connectivity index (χ0v) is 14.9. The fourth-order valence-corrected chi connectivity index (χ4v) is 3.02. The minimum Gasteiger partial charge on any atom is -0.497 e. The highest BCUT2D eigenvalue weighted by Gasteiger charge is 2.01. The van der Waals surface area contributed by atoms with Crippen molar-refractivity contribution in [1.29, 1.82) is 0 Å². The number of aryl methyl sites for hydroxylation is 1. The van der Waals surface area contributed by atoms with Gasteiger partial charge in [-0.15, -0.1) is 11.3 Å². The Morgan fingerprint density at radius 1 is 1.04 bits per heavy atom. The van der Waals surface area contributed by atoms with Crippen molar-refractivity contribution in [2.75, 3.05) is 13.7 Å². The van der Waals surface area contributed by atoms with Gasteiger partial charge in [0, 0.05) is 16.3 Å². The number of rotatable bonds is 7. The van der Waals surface area contributed by atoms with E-state index in [4.69, 9.17) is 4.74 Å². The van der Waals surface area contributed by atoms with Crippen molar-refractivity contribution in [2.45, 2.75) is 33.4 Å². The van der Waals surface area contributed by atoms with Gasteiger partial charge in [-0.3, -0.25) is 0 Å². The van der Waals surface area contributed by atoms with Crippen LogP contribution in [0.3, 0.4) is 0 Å². The van der Waals surface area contributed by atoms with E-state index in [0.29, 0.717) is 6.54 Å². The van der Waals surface area contributed by atoms with E-state index in [0.717, 1.165) is 36.8 Å². The van der Waals surface area contributed by atoms with Crippen molar-refractivity contribution in [3.63, 3.8) is 0 Å². The maximum absolute atomic E-state index is 5.17. The summed E-state index contributed by atoms with van der Waals surface area (Å²) in [6, 6.07) is 12.4. The number of thiophene rings is 1. The fraction of sp³-hybridized carbons (Fsp3) is 0.389. The zero-order chi connectivity index (χ0) is 16.5. The molecule has 0 spiro atoms. The fourth-order valence-electron chi connectivity index (χ4n) is 2.12. The molecule has 2 aromatic rings. The first-order valence-electron chi connectivity index (χ1n) is 7.97. The number of guanidine groups is 1. The highest BCUT2D eigenvalue weighted by atomic mass is 32.1. The summed E-state index contributed by atoms with van der Waals surface area (Å²) in [5.41, 5.74) is 1.16. The molecule has 23 heavy (non-hydrogen) atoms. The lowest BCUT2D eigenvalue weighted by Gasteiger charge is -2.10. The normalized spacial score (nSPS) is 11.3. The molecular weight excluding hydrogens is 306 g/mol. The van der Waals surface area contributed by atoms with Crippen LogP contribution in [0, 0.1) is 0 Å². The summed E-state index contributed by atoms with van der Waals surface area (Å²) < 4.78 is 5.17. The molecule has 0 bridgehead atoms. The number of ether oxygens (including phenoxy) is 1. The van der Waals surface area contributed by atoms with E-state index < -0.39 is 0 Å². The molecule has 0 fully saturated rings. The molecule has 0 radical (unpaired) electrons. The van der Waals surface area contributed by atoms with Crippen LogP contribution in [-0.2, 0) is 19.5 Å². The Bertz CT molecular complexity index is 619. The Hall–Kier alpha value is -2.01. The van der Waals surface area contributed by atoms with Gasteiger partial charge in [-0.2, -0.15) is 0 Å². The molecule has 0 unspecified atom stereocenters. The maximum Gasteiger partial charge on any atom is 0.191 e. The number of benzene rings is 1. The summed E-state index contributed by atoms with van der Waals surface area (Å²) >= 11 is 1.85. The Balaban J connectivity index is 1.93. The quantitative estimate of drug-likeness (QED) is 0.602. The lowest BCUT2D eigenvalue weighted by Crippen LogP contribution is -2.36. The van der Waals surface area contributed by atoms with Gasteiger partial charge < -0.3 is 15.4 Å². The molecule has 0 saturated carbocycles.